The first kappa shape index (κ1) is 11.9. The Labute approximate surface area is 80.0 Å². The molecule has 0 aliphatic carbocycles. The summed E-state index contributed by atoms with van der Waals surface area (Å²) in [5.74, 6) is -0.448. The van der Waals surface area contributed by atoms with Gasteiger partial charge in [-0.05, 0) is 32.6 Å². The zero-order chi connectivity index (χ0) is 10.4. The zero-order valence-corrected chi connectivity index (χ0v) is 8.63. The van der Waals surface area contributed by atoms with Gasteiger partial charge >= 0.3 is 5.97 Å². The first-order valence-corrected chi connectivity index (χ1v) is 4.50. The van der Waals surface area contributed by atoms with E-state index in [1.165, 1.54) is 0 Å². The van der Waals surface area contributed by atoms with E-state index in [1.807, 2.05) is 13.8 Å². The van der Waals surface area contributed by atoms with E-state index in [-0.39, 0.29) is 0 Å². The van der Waals surface area contributed by atoms with Crippen molar-refractivity contribution >= 4 is 5.97 Å². The van der Waals surface area contributed by atoms with Crippen molar-refractivity contribution in [3.8, 4) is 0 Å². The van der Waals surface area contributed by atoms with Crippen LogP contribution in [0, 0.1) is 5.92 Å². The SMILES string of the molecule is C=C(C)CC(C)CC(=CC)C(=O)O. The number of hydrogen-bond acceptors (Lipinski definition) is 1. The largest absolute Gasteiger partial charge is 0.478 e. The molecule has 0 fully saturated rings. The van der Waals surface area contributed by atoms with Crippen molar-refractivity contribution in [2.75, 3.05) is 0 Å². The number of aliphatic carboxylic acids is 1. The lowest BCUT2D eigenvalue weighted by molar-refractivity contribution is -0.132. The second-order valence-corrected chi connectivity index (χ2v) is 3.59. The summed E-state index contributed by atoms with van der Waals surface area (Å²) >= 11 is 0. The summed E-state index contributed by atoms with van der Waals surface area (Å²) in [6, 6.07) is 0. The fourth-order valence-electron chi connectivity index (χ4n) is 1.37. The maximum Gasteiger partial charge on any atom is 0.331 e. The van der Waals surface area contributed by atoms with Crippen molar-refractivity contribution < 1.29 is 9.90 Å². The Morgan fingerprint density at radius 1 is 1.54 bits per heavy atom. The van der Waals surface area contributed by atoms with Crippen LogP contribution in [0.2, 0.25) is 0 Å². The minimum atomic E-state index is -0.809. The normalized spacial score (nSPS) is 13.9. The standard InChI is InChI=1S/C11H18O2/c1-5-10(11(12)13)7-9(4)6-8(2)3/h5,9H,2,6-7H2,1,3-4H3,(H,12,13). The Kier molecular flexibility index (Phi) is 5.12. The molecule has 0 radical (unpaired) electrons. The molecule has 74 valence electrons. The van der Waals surface area contributed by atoms with Gasteiger partial charge in [0.1, 0.15) is 0 Å². The van der Waals surface area contributed by atoms with Crippen molar-refractivity contribution in [2.24, 2.45) is 5.92 Å². The number of carboxylic acids is 1. The van der Waals surface area contributed by atoms with Gasteiger partial charge in [-0.2, -0.15) is 0 Å². The molecule has 1 atom stereocenters. The summed E-state index contributed by atoms with van der Waals surface area (Å²) in [5.41, 5.74) is 1.60. The van der Waals surface area contributed by atoms with E-state index in [4.69, 9.17) is 5.11 Å². The molecule has 0 heterocycles. The van der Waals surface area contributed by atoms with Crippen molar-refractivity contribution in [3.05, 3.63) is 23.8 Å². The predicted octanol–water partition coefficient (Wildman–Crippen LogP) is 3.01. The lowest BCUT2D eigenvalue weighted by atomic mass is 9.95. The Bertz CT molecular complexity index is 226. The minimum absolute atomic E-state index is 0.361. The molecule has 0 saturated carbocycles. The van der Waals surface area contributed by atoms with E-state index in [9.17, 15) is 4.79 Å². The number of hydrogen-bond donors (Lipinski definition) is 1. The van der Waals surface area contributed by atoms with Crippen LogP contribution in [0.25, 0.3) is 0 Å². The quantitative estimate of drug-likeness (QED) is 0.524. The highest BCUT2D eigenvalue weighted by Crippen LogP contribution is 2.18. The molecule has 0 aliphatic rings. The molecule has 2 nitrogen and oxygen atoms in total. The molecule has 0 rings (SSSR count). The van der Waals surface area contributed by atoms with E-state index in [1.54, 1.807) is 13.0 Å². The van der Waals surface area contributed by atoms with Gasteiger partial charge in [0.05, 0.1) is 0 Å². The van der Waals surface area contributed by atoms with Crippen LogP contribution in [0.4, 0.5) is 0 Å². The average Bonchev–Trinajstić information content (AvgIpc) is 1.98. The van der Waals surface area contributed by atoms with Crippen molar-refractivity contribution in [1.29, 1.82) is 0 Å². The van der Waals surface area contributed by atoms with Crippen LogP contribution in [0.1, 0.15) is 33.6 Å². The predicted molar refractivity (Wildman–Crippen MR) is 54.6 cm³/mol. The van der Waals surface area contributed by atoms with Gasteiger partial charge in [0.25, 0.3) is 0 Å². The van der Waals surface area contributed by atoms with E-state index in [2.05, 4.69) is 6.58 Å². The monoisotopic (exact) mass is 182 g/mol. The molecule has 1 N–H and O–H groups in total. The number of rotatable bonds is 5. The molecule has 13 heavy (non-hydrogen) atoms. The highest BCUT2D eigenvalue weighted by Gasteiger charge is 2.10. The molecule has 0 saturated heterocycles. The van der Waals surface area contributed by atoms with Crippen LogP contribution < -0.4 is 0 Å². The van der Waals surface area contributed by atoms with Crippen molar-refractivity contribution in [1.82, 2.24) is 0 Å². The summed E-state index contributed by atoms with van der Waals surface area (Å²) in [4.78, 5) is 10.7. The maximum absolute atomic E-state index is 10.7. The van der Waals surface area contributed by atoms with E-state index < -0.39 is 5.97 Å². The van der Waals surface area contributed by atoms with Gasteiger partial charge in [0.2, 0.25) is 0 Å². The molecule has 0 bridgehead atoms. The van der Waals surface area contributed by atoms with Crippen LogP contribution in [-0.4, -0.2) is 11.1 Å². The van der Waals surface area contributed by atoms with Gasteiger partial charge in [-0.1, -0.05) is 18.6 Å². The molecular weight excluding hydrogens is 164 g/mol. The molecule has 0 amide bonds. The second kappa shape index (κ2) is 5.57. The van der Waals surface area contributed by atoms with Crippen molar-refractivity contribution in [2.45, 2.75) is 33.6 Å². The number of allylic oxidation sites excluding steroid dienone is 2. The lowest BCUT2D eigenvalue weighted by Crippen LogP contribution is -2.05. The van der Waals surface area contributed by atoms with Crippen LogP contribution >= 0.6 is 0 Å². The fourth-order valence-corrected chi connectivity index (χ4v) is 1.37. The van der Waals surface area contributed by atoms with Crippen LogP contribution in [0.5, 0.6) is 0 Å². The minimum Gasteiger partial charge on any atom is -0.478 e. The molecule has 0 aromatic rings. The first-order chi connectivity index (χ1) is 5.97. The summed E-state index contributed by atoms with van der Waals surface area (Å²) in [6.07, 6.45) is 3.18. The van der Waals surface area contributed by atoms with E-state index in [0.29, 0.717) is 17.9 Å². The maximum atomic E-state index is 10.7. The number of carbonyl (C=O) groups is 1. The Morgan fingerprint density at radius 3 is 2.38 bits per heavy atom. The van der Waals surface area contributed by atoms with Gasteiger partial charge in [-0.25, -0.2) is 4.79 Å². The molecule has 0 spiro atoms. The Hall–Kier alpha value is -1.05. The number of carboxylic acid groups (broad SMARTS) is 1. The van der Waals surface area contributed by atoms with Gasteiger partial charge in [0, 0.05) is 5.57 Å². The van der Waals surface area contributed by atoms with Crippen LogP contribution in [-0.2, 0) is 4.79 Å². The van der Waals surface area contributed by atoms with Gasteiger partial charge in [0.15, 0.2) is 0 Å². The first-order valence-electron chi connectivity index (χ1n) is 4.50. The Balaban J connectivity index is 4.10. The molecule has 0 aromatic carbocycles. The van der Waals surface area contributed by atoms with Gasteiger partial charge < -0.3 is 5.11 Å². The van der Waals surface area contributed by atoms with Gasteiger partial charge in [-0.3, -0.25) is 0 Å². The third-order valence-electron chi connectivity index (χ3n) is 1.89. The van der Waals surface area contributed by atoms with Crippen LogP contribution in [0.3, 0.4) is 0 Å². The van der Waals surface area contributed by atoms with E-state index in [0.717, 1.165) is 12.0 Å². The van der Waals surface area contributed by atoms with Gasteiger partial charge in [-0.15, -0.1) is 6.58 Å². The summed E-state index contributed by atoms with van der Waals surface area (Å²) in [7, 11) is 0. The molecule has 0 aliphatic heterocycles. The summed E-state index contributed by atoms with van der Waals surface area (Å²) in [6.45, 7) is 9.57. The smallest absolute Gasteiger partial charge is 0.331 e. The molecular formula is C11H18O2. The van der Waals surface area contributed by atoms with E-state index >= 15 is 0 Å². The average molecular weight is 182 g/mol. The Morgan fingerprint density at radius 2 is 2.08 bits per heavy atom. The highest BCUT2D eigenvalue weighted by atomic mass is 16.4. The third-order valence-corrected chi connectivity index (χ3v) is 1.89. The topological polar surface area (TPSA) is 37.3 Å². The highest BCUT2D eigenvalue weighted by molar-refractivity contribution is 5.86. The molecule has 1 unspecified atom stereocenters. The zero-order valence-electron chi connectivity index (χ0n) is 8.63. The second-order valence-electron chi connectivity index (χ2n) is 3.59. The van der Waals surface area contributed by atoms with Crippen LogP contribution in [0.15, 0.2) is 23.8 Å². The molecule has 2 heteroatoms. The summed E-state index contributed by atoms with van der Waals surface area (Å²) in [5, 5.41) is 8.77. The molecule has 0 aromatic heterocycles. The fraction of sp³-hybridized carbons (Fsp3) is 0.545. The third kappa shape index (κ3) is 5.23. The lowest BCUT2D eigenvalue weighted by Gasteiger charge is -2.10. The van der Waals surface area contributed by atoms with Crippen molar-refractivity contribution in [3.63, 3.8) is 0 Å². The summed E-state index contributed by atoms with van der Waals surface area (Å²) < 4.78 is 0.